The number of hydrogen-bond acceptors (Lipinski definition) is 6. The molecule has 0 saturated heterocycles. The van der Waals surface area contributed by atoms with E-state index >= 15 is 0 Å². The molecule has 0 bridgehead atoms. The maximum Gasteiger partial charge on any atom is 0.176 e. The van der Waals surface area contributed by atoms with Crippen LogP contribution in [0.2, 0.25) is 0 Å². The van der Waals surface area contributed by atoms with Gasteiger partial charge in [0.25, 0.3) is 0 Å². The SMILES string of the molecule is C=CCON(C)C1C=C(c2cnoc2)CN(CC(=O)c2ccccc2)C1. The van der Waals surface area contributed by atoms with E-state index in [1.165, 1.54) is 0 Å². The fourth-order valence-electron chi connectivity index (χ4n) is 2.98. The first kappa shape index (κ1) is 18.3. The minimum absolute atomic E-state index is 0.0113. The number of Topliss-reactive ketones (excluding diaryl/α,β-unsaturated/α-hetero) is 1. The average Bonchev–Trinajstić information content (AvgIpc) is 3.21. The largest absolute Gasteiger partial charge is 0.364 e. The Morgan fingerprint density at radius 2 is 2.27 bits per heavy atom. The molecule has 1 aromatic carbocycles. The molecule has 0 amide bonds. The molecule has 1 aromatic heterocycles. The molecule has 0 N–H and O–H groups in total. The normalized spacial score (nSPS) is 17.9. The summed E-state index contributed by atoms with van der Waals surface area (Å²) >= 11 is 0. The zero-order valence-electron chi connectivity index (χ0n) is 14.9. The molecule has 6 heteroatoms. The molecule has 1 aliphatic rings. The standard InChI is InChI=1S/C20H23N3O3/c1-3-9-26-22(2)19-10-17(18-11-21-25-15-18)12-23(13-19)14-20(24)16-7-5-4-6-8-16/h3-8,10-11,15,19H,1,9,12-14H2,2H3. The number of ketones is 1. The van der Waals surface area contributed by atoms with Gasteiger partial charge < -0.3 is 4.52 Å². The zero-order chi connectivity index (χ0) is 18.4. The van der Waals surface area contributed by atoms with Gasteiger partial charge >= 0.3 is 0 Å². The maximum atomic E-state index is 12.6. The molecular formula is C20H23N3O3. The fourth-order valence-corrected chi connectivity index (χ4v) is 2.98. The zero-order valence-corrected chi connectivity index (χ0v) is 14.9. The van der Waals surface area contributed by atoms with Crippen LogP contribution in [0, 0.1) is 0 Å². The summed E-state index contributed by atoms with van der Waals surface area (Å²) in [6.07, 6.45) is 7.16. The second-order valence-corrected chi connectivity index (χ2v) is 6.26. The van der Waals surface area contributed by atoms with E-state index in [2.05, 4.69) is 22.7 Å². The van der Waals surface area contributed by atoms with Crippen molar-refractivity contribution < 1.29 is 14.2 Å². The van der Waals surface area contributed by atoms with Crippen LogP contribution < -0.4 is 0 Å². The molecule has 1 atom stereocenters. The van der Waals surface area contributed by atoms with Gasteiger partial charge in [0.15, 0.2) is 5.78 Å². The molecule has 136 valence electrons. The van der Waals surface area contributed by atoms with Crippen LogP contribution in [-0.2, 0) is 4.84 Å². The van der Waals surface area contributed by atoms with Crippen molar-refractivity contribution in [3.8, 4) is 0 Å². The van der Waals surface area contributed by atoms with Crippen molar-refractivity contribution in [2.45, 2.75) is 6.04 Å². The molecule has 1 aliphatic heterocycles. The van der Waals surface area contributed by atoms with E-state index in [9.17, 15) is 4.79 Å². The first-order chi connectivity index (χ1) is 12.7. The van der Waals surface area contributed by atoms with Crippen LogP contribution in [0.4, 0.5) is 0 Å². The highest BCUT2D eigenvalue weighted by atomic mass is 16.7. The third kappa shape index (κ3) is 4.54. The lowest BCUT2D eigenvalue weighted by atomic mass is 10.0. The van der Waals surface area contributed by atoms with Crippen molar-refractivity contribution in [1.82, 2.24) is 15.1 Å². The number of rotatable bonds is 8. The van der Waals surface area contributed by atoms with Gasteiger partial charge in [0, 0.05) is 31.3 Å². The molecule has 6 nitrogen and oxygen atoms in total. The van der Waals surface area contributed by atoms with Crippen molar-refractivity contribution >= 4 is 11.4 Å². The summed E-state index contributed by atoms with van der Waals surface area (Å²) in [7, 11) is 1.89. The summed E-state index contributed by atoms with van der Waals surface area (Å²) < 4.78 is 4.98. The second kappa shape index (κ2) is 8.71. The van der Waals surface area contributed by atoms with Crippen LogP contribution in [0.25, 0.3) is 5.57 Å². The lowest BCUT2D eigenvalue weighted by Gasteiger charge is -2.35. The van der Waals surface area contributed by atoms with E-state index in [-0.39, 0.29) is 11.8 Å². The first-order valence-electron chi connectivity index (χ1n) is 8.55. The third-order valence-electron chi connectivity index (χ3n) is 4.36. The Bertz CT molecular complexity index is 756. The Kier molecular flexibility index (Phi) is 6.12. The van der Waals surface area contributed by atoms with Gasteiger partial charge in [-0.2, -0.15) is 5.06 Å². The predicted octanol–water partition coefficient (Wildman–Crippen LogP) is 2.67. The molecule has 0 radical (unpaired) electrons. The van der Waals surface area contributed by atoms with Crippen molar-refractivity contribution in [3.63, 3.8) is 0 Å². The number of hydrogen-bond donors (Lipinski definition) is 0. The quantitative estimate of drug-likeness (QED) is 0.413. The number of nitrogens with zero attached hydrogens (tertiary/aromatic N) is 3. The number of carbonyl (C=O) groups is 1. The molecule has 1 unspecified atom stereocenters. The molecule has 0 saturated carbocycles. The highest BCUT2D eigenvalue weighted by Gasteiger charge is 2.26. The molecule has 0 fully saturated rings. The summed E-state index contributed by atoms with van der Waals surface area (Å²) in [4.78, 5) is 20.4. The van der Waals surface area contributed by atoms with Gasteiger partial charge in [0.05, 0.1) is 25.4 Å². The predicted molar refractivity (Wildman–Crippen MR) is 99.4 cm³/mol. The van der Waals surface area contributed by atoms with Gasteiger partial charge in [-0.25, -0.2) is 0 Å². The van der Waals surface area contributed by atoms with E-state index in [1.807, 2.05) is 37.4 Å². The van der Waals surface area contributed by atoms with Crippen molar-refractivity contribution in [2.75, 3.05) is 33.3 Å². The Labute approximate surface area is 153 Å². The summed E-state index contributed by atoms with van der Waals surface area (Å²) in [5.41, 5.74) is 2.71. The molecular weight excluding hydrogens is 330 g/mol. The minimum atomic E-state index is 0.0113. The Morgan fingerprint density at radius 3 is 2.96 bits per heavy atom. The summed E-state index contributed by atoms with van der Waals surface area (Å²) in [6, 6.07) is 9.38. The summed E-state index contributed by atoms with van der Waals surface area (Å²) in [5, 5.41) is 5.59. The number of hydroxylamine groups is 2. The van der Waals surface area contributed by atoms with E-state index in [0.29, 0.717) is 26.2 Å². The van der Waals surface area contributed by atoms with Gasteiger partial charge in [-0.1, -0.05) is 47.6 Å². The van der Waals surface area contributed by atoms with Gasteiger partial charge in [-0.05, 0) is 5.57 Å². The van der Waals surface area contributed by atoms with E-state index in [0.717, 1.165) is 16.7 Å². The van der Waals surface area contributed by atoms with Crippen LogP contribution in [0.15, 0.2) is 66.0 Å². The lowest BCUT2D eigenvalue weighted by molar-refractivity contribution is -0.150. The molecule has 0 spiro atoms. The van der Waals surface area contributed by atoms with Gasteiger partial charge in [0.2, 0.25) is 0 Å². The van der Waals surface area contributed by atoms with Crippen LogP contribution in [-0.4, -0.2) is 60.2 Å². The van der Waals surface area contributed by atoms with E-state index < -0.39 is 0 Å². The Hall–Kier alpha value is -2.54. The van der Waals surface area contributed by atoms with Crippen molar-refractivity contribution in [1.29, 1.82) is 0 Å². The van der Waals surface area contributed by atoms with Crippen LogP contribution in [0.3, 0.4) is 0 Å². The molecule has 2 heterocycles. The minimum Gasteiger partial charge on any atom is -0.364 e. The van der Waals surface area contributed by atoms with Crippen LogP contribution >= 0.6 is 0 Å². The molecule has 26 heavy (non-hydrogen) atoms. The van der Waals surface area contributed by atoms with Gasteiger partial charge in [-0.3, -0.25) is 14.5 Å². The Balaban J connectivity index is 1.75. The number of aromatic nitrogens is 1. The summed E-state index contributed by atoms with van der Waals surface area (Å²) in [5.74, 6) is 0.102. The van der Waals surface area contributed by atoms with E-state index in [1.54, 1.807) is 23.6 Å². The molecule has 0 aliphatic carbocycles. The van der Waals surface area contributed by atoms with E-state index in [4.69, 9.17) is 9.36 Å². The smallest absolute Gasteiger partial charge is 0.176 e. The second-order valence-electron chi connectivity index (χ2n) is 6.26. The third-order valence-corrected chi connectivity index (χ3v) is 4.36. The van der Waals surface area contributed by atoms with Crippen molar-refractivity contribution in [2.24, 2.45) is 0 Å². The first-order valence-corrected chi connectivity index (χ1v) is 8.55. The fraction of sp³-hybridized carbons (Fsp3) is 0.300. The van der Waals surface area contributed by atoms with Crippen molar-refractivity contribution in [3.05, 3.63) is 72.6 Å². The monoisotopic (exact) mass is 353 g/mol. The van der Waals surface area contributed by atoms with Gasteiger partial charge in [-0.15, -0.1) is 6.58 Å². The highest BCUT2D eigenvalue weighted by Crippen LogP contribution is 2.23. The number of benzene rings is 1. The number of likely N-dealkylation sites (N-methyl/N-ethyl adjacent to an activating group) is 1. The average molecular weight is 353 g/mol. The maximum absolute atomic E-state index is 12.6. The molecule has 2 aromatic rings. The lowest BCUT2D eigenvalue weighted by Crippen LogP contribution is -2.46. The number of carbonyl (C=O) groups excluding carboxylic acids is 1. The highest BCUT2D eigenvalue weighted by molar-refractivity contribution is 5.97. The Morgan fingerprint density at radius 1 is 1.46 bits per heavy atom. The van der Waals surface area contributed by atoms with Crippen LogP contribution in [0.1, 0.15) is 15.9 Å². The molecule has 3 rings (SSSR count). The summed E-state index contributed by atoms with van der Waals surface area (Å²) in [6.45, 7) is 5.81. The van der Waals surface area contributed by atoms with Crippen LogP contribution in [0.5, 0.6) is 0 Å². The van der Waals surface area contributed by atoms with Gasteiger partial charge in [0.1, 0.15) is 6.26 Å². The topological polar surface area (TPSA) is 58.8 Å².